The number of rotatable bonds is 7. The van der Waals surface area contributed by atoms with Crippen molar-refractivity contribution in [1.29, 1.82) is 0 Å². The fraction of sp³-hybridized carbons (Fsp3) is 0.467. The Balaban J connectivity index is 2.94. The minimum atomic E-state index is 0.116. The molecule has 0 saturated carbocycles. The van der Waals surface area contributed by atoms with Crippen molar-refractivity contribution in [1.82, 2.24) is 0 Å². The van der Waals surface area contributed by atoms with Crippen LogP contribution >= 0.6 is 0 Å². The zero-order valence-corrected chi connectivity index (χ0v) is 11.4. The average molecular weight is 250 g/mol. The van der Waals surface area contributed by atoms with Gasteiger partial charge in [-0.15, -0.1) is 0 Å². The molecular weight excluding hydrogens is 228 g/mol. The Labute approximate surface area is 109 Å². The van der Waals surface area contributed by atoms with Gasteiger partial charge >= 0.3 is 0 Å². The van der Waals surface area contributed by atoms with Gasteiger partial charge in [0.2, 0.25) is 0 Å². The summed E-state index contributed by atoms with van der Waals surface area (Å²) in [6.45, 7) is 2.22. The van der Waals surface area contributed by atoms with Gasteiger partial charge in [0, 0.05) is 5.56 Å². The molecule has 0 unspecified atom stereocenters. The summed E-state index contributed by atoms with van der Waals surface area (Å²) in [5, 5.41) is 9.26. The molecule has 0 fully saturated rings. The zero-order chi connectivity index (χ0) is 13.4. The summed E-state index contributed by atoms with van der Waals surface area (Å²) in [4.78, 5) is 0. The van der Waals surface area contributed by atoms with Crippen LogP contribution in [0.1, 0.15) is 25.3 Å². The summed E-state index contributed by atoms with van der Waals surface area (Å²) >= 11 is 0. The lowest BCUT2D eigenvalue weighted by atomic mass is 10.0. The molecule has 3 heteroatoms. The first kappa shape index (κ1) is 14.6. The van der Waals surface area contributed by atoms with Gasteiger partial charge in [-0.2, -0.15) is 0 Å². The third-order valence-electron chi connectivity index (χ3n) is 2.90. The van der Waals surface area contributed by atoms with Crippen molar-refractivity contribution < 1.29 is 14.6 Å². The van der Waals surface area contributed by atoms with Crippen molar-refractivity contribution in [2.75, 3.05) is 20.8 Å². The second-order valence-electron chi connectivity index (χ2n) is 4.12. The molecule has 1 rings (SSSR count). The van der Waals surface area contributed by atoms with Crippen molar-refractivity contribution >= 4 is 0 Å². The second-order valence-corrected chi connectivity index (χ2v) is 4.12. The molecule has 1 aromatic carbocycles. The quantitative estimate of drug-likeness (QED) is 0.756. The van der Waals surface area contributed by atoms with Crippen molar-refractivity contribution in [3.05, 3.63) is 35.4 Å². The molecule has 0 heterocycles. The van der Waals surface area contributed by atoms with Gasteiger partial charge in [-0.3, -0.25) is 0 Å². The predicted octanol–water partition coefficient (Wildman–Crippen LogP) is 2.97. The Morgan fingerprint density at radius 2 is 1.83 bits per heavy atom. The summed E-state index contributed by atoms with van der Waals surface area (Å²) in [6.07, 6.45) is 4.73. The number of aliphatic hydroxyl groups excluding tert-OH is 1. The van der Waals surface area contributed by atoms with E-state index < -0.39 is 0 Å². The molecule has 18 heavy (non-hydrogen) atoms. The number of allylic oxidation sites excluding steroid dienone is 1. The molecule has 3 nitrogen and oxygen atoms in total. The van der Waals surface area contributed by atoms with Crippen LogP contribution in [0.5, 0.6) is 11.5 Å². The molecule has 0 atom stereocenters. The van der Waals surface area contributed by atoms with Gasteiger partial charge in [-0.05, 0) is 30.5 Å². The number of methoxy groups -OCH3 is 2. The highest BCUT2D eigenvalue weighted by atomic mass is 16.5. The first-order chi connectivity index (χ1) is 8.76. The van der Waals surface area contributed by atoms with E-state index >= 15 is 0 Å². The van der Waals surface area contributed by atoms with E-state index in [-0.39, 0.29) is 6.61 Å². The third-order valence-corrected chi connectivity index (χ3v) is 2.90. The summed E-state index contributed by atoms with van der Waals surface area (Å²) in [7, 11) is 3.31. The molecule has 0 aliphatic carbocycles. The van der Waals surface area contributed by atoms with Crippen LogP contribution < -0.4 is 9.47 Å². The molecule has 1 aromatic rings. The molecule has 0 spiro atoms. The second kappa shape index (κ2) is 7.77. The Morgan fingerprint density at radius 1 is 1.22 bits per heavy atom. The van der Waals surface area contributed by atoms with Crippen LogP contribution in [0.4, 0.5) is 0 Å². The molecular formula is C15H22O3. The number of aliphatic hydroxyl groups is 1. The van der Waals surface area contributed by atoms with Crippen LogP contribution in [-0.2, 0) is 6.42 Å². The molecule has 0 amide bonds. The van der Waals surface area contributed by atoms with Gasteiger partial charge in [0.05, 0.1) is 20.8 Å². The molecule has 0 aliphatic heterocycles. The maximum absolute atomic E-state index is 9.26. The van der Waals surface area contributed by atoms with E-state index in [0.29, 0.717) is 6.42 Å². The highest BCUT2D eigenvalue weighted by Gasteiger charge is 2.08. The lowest BCUT2D eigenvalue weighted by molar-refractivity contribution is 0.325. The molecule has 0 aromatic heterocycles. The number of hydrogen-bond donors (Lipinski definition) is 1. The van der Waals surface area contributed by atoms with Crippen LogP contribution in [0.15, 0.2) is 29.8 Å². The smallest absolute Gasteiger partial charge is 0.126 e. The monoisotopic (exact) mass is 250 g/mol. The molecule has 1 N–H and O–H groups in total. The lowest BCUT2D eigenvalue weighted by Gasteiger charge is -2.12. The van der Waals surface area contributed by atoms with Gasteiger partial charge in [0.25, 0.3) is 0 Å². The molecule has 0 radical (unpaired) electrons. The first-order valence-corrected chi connectivity index (χ1v) is 6.25. The van der Waals surface area contributed by atoms with E-state index in [1.807, 2.05) is 18.2 Å². The fourth-order valence-electron chi connectivity index (χ4n) is 1.94. The molecule has 0 aliphatic rings. The first-order valence-electron chi connectivity index (χ1n) is 6.25. The van der Waals surface area contributed by atoms with Crippen molar-refractivity contribution in [3.63, 3.8) is 0 Å². The van der Waals surface area contributed by atoms with Gasteiger partial charge < -0.3 is 14.6 Å². The third kappa shape index (κ3) is 3.77. The van der Waals surface area contributed by atoms with Crippen molar-refractivity contribution in [2.45, 2.75) is 26.2 Å². The van der Waals surface area contributed by atoms with Gasteiger partial charge in [0.15, 0.2) is 0 Å². The summed E-state index contributed by atoms with van der Waals surface area (Å²) < 4.78 is 10.7. The predicted molar refractivity (Wildman–Crippen MR) is 73.3 cm³/mol. The maximum atomic E-state index is 9.26. The molecule has 0 saturated heterocycles. The van der Waals surface area contributed by atoms with Gasteiger partial charge in [0.1, 0.15) is 11.5 Å². The van der Waals surface area contributed by atoms with E-state index in [1.165, 1.54) is 0 Å². The van der Waals surface area contributed by atoms with Crippen LogP contribution in [-0.4, -0.2) is 25.9 Å². The van der Waals surface area contributed by atoms with Crippen LogP contribution in [0, 0.1) is 0 Å². The zero-order valence-electron chi connectivity index (χ0n) is 11.4. The number of benzene rings is 1. The van der Waals surface area contributed by atoms with Crippen LogP contribution in [0.25, 0.3) is 0 Å². The summed E-state index contributed by atoms with van der Waals surface area (Å²) in [5.74, 6) is 1.64. The maximum Gasteiger partial charge on any atom is 0.126 e. The topological polar surface area (TPSA) is 38.7 Å². The van der Waals surface area contributed by atoms with E-state index in [2.05, 4.69) is 13.0 Å². The van der Waals surface area contributed by atoms with Crippen molar-refractivity contribution in [2.24, 2.45) is 0 Å². The Kier molecular flexibility index (Phi) is 6.29. The Hall–Kier alpha value is -1.48. The summed E-state index contributed by atoms with van der Waals surface area (Å²) in [6, 6.07) is 5.75. The van der Waals surface area contributed by atoms with E-state index in [1.54, 1.807) is 14.2 Å². The van der Waals surface area contributed by atoms with E-state index in [0.717, 1.165) is 35.5 Å². The van der Waals surface area contributed by atoms with Gasteiger partial charge in [-0.25, -0.2) is 0 Å². The molecule has 100 valence electrons. The summed E-state index contributed by atoms with van der Waals surface area (Å²) in [5.41, 5.74) is 2.08. The largest absolute Gasteiger partial charge is 0.496 e. The highest BCUT2D eigenvalue weighted by molar-refractivity contribution is 5.46. The van der Waals surface area contributed by atoms with Gasteiger partial charge in [-0.1, -0.05) is 25.5 Å². The highest BCUT2D eigenvalue weighted by Crippen LogP contribution is 2.29. The van der Waals surface area contributed by atoms with E-state index in [4.69, 9.17) is 9.47 Å². The SMILES string of the molecule is CCC/C(=C\Cc1c(OC)cccc1OC)CO. The van der Waals surface area contributed by atoms with Crippen LogP contribution in [0.3, 0.4) is 0 Å². The Morgan fingerprint density at radius 3 is 2.28 bits per heavy atom. The lowest BCUT2D eigenvalue weighted by Crippen LogP contribution is -1.97. The molecule has 0 bridgehead atoms. The van der Waals surface area contributed by atoms with Crippen LogP contribution in [0.2, 0.25) is 0 Å². The van der Waals surface area contributed by atoms with E-state index in [9.17, 15) is 5.11 Å². The normalized spacial score (nSPS) is 11.4. The number of ether oxygens (including phenoxy) is 2. The average Bonchev–Trinajstić information content (AvgIpc) is 2.42. The Bertz CT molecular complexity index is 374. The minimum Gasteiger partial charge on any atom is -0.496 e. The minimum absolute atomic E-state index is 0.116. The fourth-order valence-corrected chi connectivity index (χ4v) is 1.94. The standard InChI is InChI=1S/C15H22O3/c1-4-6-12(11-16)9-10-13-14(17-2)7-5-8-15(13)18-3/h5,7-9,16H,4,6,10-11H2,1-3H3/b12-9+. The number of hydrogen-bond acceptors (Lipinski definition) is 3. The van der Waals surface area contributed by atoms with Crippen molar-refractivity contribution in [3.8, 4) is 11.5 Å².